The normalized spacial score (nSPS) is 15.4. The quantitative estimate of drug-likeness (QED) is 0.186. The summed E-state index contributed by atoms with van der Waals surface area (Å²) < 4.78 is 49.4. The van der Waals surface area contributed by atoms with E-state index >= 15 is 4.39 Å². The number of carbonyl (C=O) groups is 1. The Balaban J connectivity index is 1.45. The first-order valence-corrected chi connectivity index (χ1v) is 16.1. The van der Waals surface area contributed by atoms with Crippen LogP contribution in [-0.4, -0.2) is 64.4 Å². The number of halogens is 1. The highest BCUT2D eigenvalue weighted by Crippen LogP contribution is 2.39. The van der Waals surface area contributed by atoms with Crippen molar-refractivity contribution in [2.24, 2.45) is 5.92 Å². The molecule has 13 heteroatoms. The summed E-state index contributed by atoms with van der Waals surface area (Å²) in [6.45, 7) is 6.52. The number of aryl methyl sites for hydroxylation is 1. The molecule has 1 aliphatic rings. The summed E-state index contributed by atoms with van der Waals surface area (Å²) >= 11 is 0. The van der Waals surface area contributed by atoms with Crippen LogP contribution in [0.25, 0.3) is 22.0 Å². The summed E-state index contributed by atoms with van der Waals surface area (Å²) in [4.78, 5) is 26.2. The number of amides is 1. The first-order valence-electron chi connectivity index (χ1n) is 14.4. The third-order valence-corrected chi connectivity index (χ3v) is 8.73. The summed E-state index contributed by atoms with van der Waals surface area (Å²) in [5.74, 6) is 0.348. The number of ether oxygens (including phenoxy) is 1. The molecule has 0 aliphatic carbocycles. The van der Waals surface area contributed by atoms with E-state index in [2.05, 4.69) is 25.0 Å². The number of benzene rings is 2. The van der Waals surface area contributed by atoms with Crippen molar-refractivity contribution in [1.29, 1.82) is 0 Å². The van der Waals surface area contributed by atoms with Gasteiger partial charge in [0.1, 0.15) is 11.6 Å². The number of aromatic nitrogens is 3. The van der Waals surface area contributed by atoms with Gasteiger partial charge >= 0.3 is 6.09 Å². The molecule has 4 aromatic rings. The van der Waals surface area contributed by atoms with Gasteiger partial charge in [0.25, 0.3) is 0 Å². The maximum Gasteiger partial charge on any atom is 0.407 e. The molecular weight excluding hydrogens is 587 g/mol. The van der Waals surface area contributed by atoms with Crippen LogP contribution in [0.5, 0.6) is 11.6 Å². The number of carboxylic acid groups (broad SMARTS) is 1. The minimum atomic E-state index is -3.79. The fraction of sp³-hybridized carbons (Fsp3) is 0.355. The van der Waals surface area contributed by atoms with E-state index in [9.17, 15) is 18.3 Å². The Hall–Kier alpha value is -4.52. The van der Waals surface area contributed by atoms with Crippen molar-refractivity contribution in [2.45, 2.75) is 46.1 Å². The fourth-order valence-electron chi connectivity index (χ4n) is 5.09. The van der Waals surface area contributed by atoms with E-state index in [1.165, 1.54) is 11.0 Å². The van der Waals surface area contributed by atoms with Gasteiger partial charge in [0.2, 0.25) is 21.9 Å². The van der Waals surface area contributed by atoms with E-state index in [-0.39, 0.29) is 29.3 Å². The minimum absolute atomic E-state index is 0.124. The lowest BCUT2D eigenvalue weighted by Crippen LogP contribution is -2.44. The van der Waals surface area contributed by atoms with Crippen LogP contribution in [-0.2, 0) is 10.0 Å². The number of nitrogens with one attached hydrogen (secondary N) is 2. The second kappa shape index (κ2) is 13.0. The number of pyridine rings is 1. The Labute approximate surface area is 255 Å². The fourth-order valence-corrected chi connectivity index (χ4v) is 6.49. The SMILES string of the molecule is Cc1ccc2c(NS(=O)(=O)CCC(C)C)c(F)ccc2c1Oc1ncccc1-c1ccnc(NC2CCCN(C(=O)O)C2)n1. The lowest BCUT2D eigenvalue weighted by atomic mass is 10.0. The summed E-state index contributed by atoms with van der Waals surface area (Å²) in [6.07, 6.45) is 4.19. The molecular formula is C31H35FN6O5S. The molecule has 0 bridgehead atoms. The van der Waals surface area contributed by atoms with Gasteiger partial charge in [0.15, 0.2) is 0 Å². The first-order chi connectivity index (χ1) is 21.0. The van der Waals surface area contributed by atoms with Crippen LogP contribution < -0.4 is 14.8 Å². The Morgan fingerprint density at radius 3 is 2.70 bits per heavy atom. The average Bonchev–Trinajstić information content (AvgIpc) is 2.99. The number of anilines is 2. The van der Waals surface area contributed by atoms with Gasteiger partial charge in [-0.3, -0.25) is 4.72 Å². The highest BCUT2D eigenvalue weighted by molar-refractivity contribution is 7.92. The molecule has 3 N–H and O–H groups in total. The second-order valence-corrected chi connectivity index (χ2v) is 13.1. The minimum Gasteiger partial charge on any atom is -0.465 e. The molecule has 232 valence electrons. The third kappa shape index (κ3) is 7.16. The second-order valence-electron chi connectivity index (χ2n) is 11.3. The molecule has 1 unspecified atom stereocenters. The van der Waals surface area contributed by atoms with Crippen molar-refractivity contribution >= 4 is 38.5 Å². The van der Waals surface area contributed by atoms with E-state index in [4.69, 9.17) is 4.74 Å². The average molecular weight is 623 g/mol. The number of hydrogen-bond donors (Lipinski definition) is 3. The summed E-state index contributed by atoms with van der Waals surface area (Å²) in [6, 6.07) is 11.3. The summed E-state index contributed by atoms with van der Waals surface area (Å²) in [5, 5.41) is 13.5. The van der Waals surface area contributed by atoms with Crippen molar-refractivity contribution in [2.75, 3.05) is 28.9 Å². The van der Waals surface area contributed by atoms with Crippen LogP contribution in [0.4, 0.5) is 20.8 Å². The van der Waals surface area contributed by atoms with E-state index < -0.39 is 21.9 Å². The summed E-state index contributed by atoms with van der Waals surface area (Å²) in [5.41, 5.74) is 1.70. The van der Waals surface area contributed by atoms with Gasteiger partial charge in [-0.2, -0.15) is 0 Å². The Morgan fingerprint density at radius 1 is 1.14 bits per heavy atom. The van der Waals surface area contributed by atoms with E-state index in [1.807, 2.05) is 20.8 Å². The zero-order chi connectivity index (χ0) is 31.4. The number of sulfonamides is 1. The van der Waals surface area contributed by atoms with Crippen molar-refractivity contribution < 1.29 is 27.4 Å². The van der Waals surface area contributed by atoms with Gasteiger partial charge in [-0.25, -0.2) is 32.6 Å². The molecule has 1 saturated heterocycles. The van der Waals surface area contributed by atoms with Gasteiger partial charge < -0.3 is 20.1 Å². The summed E-state index contributed by atoms with van der Waals surface area (Å²) in [7, 11) is -3.79. The largest absolute Gasteiger partial charge is 0.465 e. The molecule has 1 fully saturated rings. The van der Waals surface area contributed by atoms with Gasteiger partial charge in [0.05, 0.1) is 22.7 Å². The zero-order valence-corrected chi connectivity index (χ0v) is 25.6. The lowest BCUT2D eigenvalue weighted by molar-refractivity contribution is 0.132. The molecule has 1 atom stereocenters. The predicted octanol–water partition coefficient (Wildman–Crippen LogP) is 6.27. The first kappa shape index (κ1) is 30.9. The van der Waals surface area contributed by atoms with Gasteiger partial charge in [0, 0.05) is 42.3 Å². The Bertz CT molecular complexity index is 1790. The maximum absolute atomic E-state index is 15.0. The van der Waals surface area contributed by atoms with Crippen LogP contribution in [0.2, 0.25) is 0 Å². The highest BCUT2D eigenvalue weighted by atomic mass is 32.2. The van der Waals surface area contributed by atoms with E-state index in [0.717, 1.165) is 18.4 Å². The van der Waals surface area contributed by atoms with Crippen molar-refractivity contribution in [3.63, 3.8) is 0 Å². The third-order valence-electron chi connectivity index (χ3n) is 7.45. The van der Waals surface area contributed by atoms with E-state index in [0.29, 0.717) is 53.2 Å². The van der Waals surface area contributed by atoms with Crippen molar-refractivity contribution in [3.05, 3.63) is 66.2 Å². The molecule has 2 aromatic heterocycles. The highest BCUT2D eigenvalue weighted by Gasteiger charge is 2.24. The van der Waals surface area contributed by atoms with Gasteiger partial charge in [-0.1, -0.05) is 26.0 Å². The maximum atomic E-state index is 15.0. The molecule has 3 heterocycles. The monoisotopic (exact) mass is 622 g/mol. The van der Waals surface area contributed by atoms with Crippen LogP contribution >= 0.6 is 0 Å². The van der Waals surface area contributed by atoms with Crippen molar-refractivity contribution in [1.82, 2.24) is 19.9 Å². The smallest absolute Gasteiger partial charge is 0.407 e. The van der Waals surface area contributed by atoms with Crippen LogP contribution in [0.1, 0.15) is 38.7 Å². The number of nitrogens with zero attached hydrogens (tertiary/aromatic N) is 4. The molecule has 1 amide bonds. The number of hydrogen-bond acceptors (Lipinski definition) is 8. The number of rotatable bonds is 10. The van der Waals surface area contributed by atoms with Crippen LogP contribution in [0.3, 0.4) is 0 Å². The van der Waals surface area contributed by atoms with Crippen molar-refractivity contribution in [3.8, 4) is 22.9 Å². The Kier molecular flexibility index (Phi) is 9.14. The molecule has 1 aliphatic heterocycles. The van der Waals surface area contributed by atoms with E-state index in [1.54, 1.807) is 48.8 Å². The molecule has 0 spiro atoms. The topological polar surface area (TPSA) is 147 Å². The van der Waals surface area contributed by atoms with Gasteiger partial charge in [-0.15, -0.1) is 0 Å². The van der Waals surface area contributed by atoms with Crippen LogP contribution in [0.15, 0.2) is 54.9 Å². The Morgan fingerprint density at radius 2 is 1.93 bits per heavy atom. The lowest BCUT2D eigenvalue weighted by Gasteiger charge is -2.31. The predicted molar refractivity (Wildman–Crippen MR) is 167 cm³/mol. The standard InChI is InChI=1S/C31H35FN6O5S/c1-19(2)13-17-44(41,42)37-27-22-9-8-20(3)28(23(22)10-11-25(27)32)43-29-24(7-4-14-33-29)26-12-15-34-30(36-26)35-21-6-5-16-38(18-21)31(39)40/h4,7-12,14-15,19,21,37H,5-6,13,16-18H2,1-3H3,(H,39,40)(H,34,35,36). The molecule has 2 aromatic carbocycles. The molecule has 0 radical (unpaired) electrons. The molecule has 5 rings (SSSR count). The number of piperidine rings is 1. The van der Waals surface area contributed by atoms with Crippen LogP contribution in [0, 0.1) is 18.7 Å². The zero-order valence-electron chi connectivity index (χ0n) is 24.7. The molecule has 11 nitrogen and oxygen atoms in total. The molecule has 44 heavy (non-hydrogen) atoms. The van der Waals surface area contributed by atoms with Gasteiger partial charge in [-0.05, 0) is 68.0 Å². The number of fused-ring (bicyclic) bond motifs is 1. The molecule has 0 saturated carbocycles. The number of likely N-dealkylation sites (tertiary alicyclic amines) is 1.